The molecule has 0 saturated heterocycles. The maximum Gasteiger partial charge on any atom is 0.161 e. The van der Waals surface area contributed by atoms with Crippen molar-refractivity contribution in [1.29, 1.82) is 0 Å². The number of benzene rings is 1. The first-order chi connectivity index (χ1) is 9.22. The van der Waals surface area contributed by atoms with Gasteiger partial charge in [0, 0.05) is 13.2 Å². The van der Waals surface area contributed by atoms with Crippen LogP contribution in [0.25, 0.3) is 0 Å². The number of nitrogens with zero attached hydrogens (tertiary/aromatic N) is 1. The second kappa shape index (κ2) is 6.23. The van der Waals surface area contributed by atoms with Gasteiger partial charge in [-0.2, -0.15) is 0 Å². The molecule has 100 valence electrons. The van der Waals surface area contributed by atoms with Gasteiger partial charge in [-0.15, -0.1) is 0 Å². The number of aromatic nitrogens is 1. The van der Waals surface area contributed by atoms with Gasteiger partial charge in [0.15, 0.2) is 5.75 Å². The number of pyridine rings is 1. The monoisotopic (exact) mass is 256 g/mol. The molecule has 1 N–H and O–H groups in total. The van der Waals surface area contributed by atoms with Crippen LogP contribution in [0.1, 0.15) is 30.9 Å². The van der Waals surface area contributed by atoms with Crippen LogP contribution in [0.15, 0.2) is 42.7 Å². The fourth-order valence-corrected chi connectivity index (χ4v) is 2.01. The molecule has 2 rings (SSSR count). The number of ether oxygens (including phenoxy) is 1. The third-order valence-corrected chi connectivity index (χ3v) is 3.05. The second-order valence-electron chi connectivity index (χ2n) is 4.78. The smallest absolute Gasteiger partial charge is 0.161 e. The number of hydrogen-bond donors (Lipinski definition) is 1. The summed E-state index contributed by atoms with van der Waals surface area (Å²) < 4.78 is 5.88. The Hall–Kier alpha value is -2.03. The lowest BCUT2D eigenvalue weighted by atomic mass is 10.0. The largest absolute Gasteiger partial charge is 0.485 e. The van der Waals surface area contributed by atoms with E-state index in [4.69, 9.17) is 4.74 Å². The maximum absolute atomic E-state index is 5.88. The fourth-order valence-electron chi connectivity index (χ4n) is 2.01. The Morgan fingerprint density at radius 1 is 1.16 bits per heavy atom. The Morgan fingerprint density at radius 2 is 1.89 bits per heavy atom. The molecule has 0 fully saturated rings. The topological polar surface area (TPSA) is 34.1 Å². The van der Waals surface area contributed by atoms with Crippen molar-refractivity contribution in [3.05, 3.63) is 53.9 Å². The summed E-state index contributed by atoms with van der Waals surface area (Å²) in [6.07, 6.45) is 3.66. The van der Waals surface area contributed by atoms with E-state index in [1.54, 1.807) is 6.20 Å². The molecular weight excluding hydrogens is 236 g/mol. The highest BCUT2D eigenvalue weighted by Crippen LogP contribution is 2.32. The quantitative estimate of drug-likeness (QED) is 0.883. The van der Waals surface area contributed by atoms with Crippen LogP contribution >= 0.6 is 0 Å². The summed E-state index contributed by atoms with van der Waals surface area (Å²) in [7, 11) is 1.91. The molecule has 3 nitrogen and oxygen atoms in total. The number of anilines is 1. The lowest BCUT2D eigenvalue weighted by Gasteiger charge is -2.16. The van der Waals surface area contributed by atoms with Crippen molar-refractivity contribution in [1.82, 2.24) is 4.98 Å². The molecule has 0 bridgehead atoms. The van der Waals surface area contributed by atoms with Gasteiger partial charge in [0.05, 0.1) is 11.9 Å². The normalized spacial score (nSPS) is 10.5. The maximum atomic E-state index is 5.88. The van der Waals surface area contributed by atoms with E-state index in [-0.39, 0.29) is 0 Å². The Kier molecular flexibility index (Phi) is 4.39. The molecule has 0 atom stereocenters. The zero-order chi connectivity index (χ0) is 13.7. The van der Waals surface area contributed by atoms with Crippen molar-refractivity contribution in [2.24, 2.45) is 0 Å². The van der Waals surface area contributed by atoms with Crippen LogP contribution < -0.4 is 10.1 Å². The van der Waals surface area contributed by atoms with E-state index in [1.807, 2.05) is 31.4 Å². The Balaban J connectivity index is 2.18. The molecule has 2 aromatic rings. The van der Waals surface area contributed by atoms with Crippen molar-refractivity contribution in [2.45, 2.75) is 26.4 Å². The van der Waals surface area contributed by atoms with Crippen LogP contribution in [0.2, 0.25) is 0 Å². The Bertz CT molecular complexity index is 524. The minimum Gasteiger partial charge on any atom is -0.485 e. The van der Waals surface area contributed by atoms with Gasteiger partial charge in [0.25, 0.3) is 0 Å². The second-order valence-corrected chi connectivity index (χ2v) is 4.78. The van der Waals surface area contributed by atoms with Crippen LogP contribution in [0.3, 0.4) is 0 Å². The van der Waals surface area contributed by atoms with Gasteiger partial charge in [-0.1, -0.05) is 44.2 Å². The fraction of sp³-hybridized carbons (Fsp3) is 0.312. The minimum atomic E-state index is 0.412. The first-order valence-electron chi connectivity index (χ1n) is 6.54. The Labute approximate surface area is 114 Å². The first kappa shape index (κ1) is 13.4. The molecule has 0 radical (unpaired) electrons. The zero-order valence-corrected chi connectivity index (χ0v) is 11.7. The molecule has 0 saturated carbocycles. The number of nitrogens with one attached hydrogen (secondary N) is 1. The van der Waals surface area contributed by atoms with Gasteiger partial charge >= 0.3 is 0 Å². The van der Waals surface area contributed by atoms with Gasteiger partial charge in [0.1, 0.15) is 6.61 Å². The first-order valence-corrected chi connectivity index (χ1v) is 6.54. The summed E-state index contributed by atoms with van der Waals surface area (Å²) >= 11 is 0. The minimum absolute atomic E-state index is 0.412. The van der Waals surface area contributed by atoms with Crippen LogP contribution in [0.4, 0.5) is 5.69 Å². The van der Waals surface area contributed by atoms with Crippen molar-refractivity contribution >= 4 is 5.69 Å². The third kappa shape index (κ3) is 3.25. The van der Waals surface area contributed by atoms with E-state index in [1.165, 1.54) is 5.56 Å². The summed E-state index contributed by atoms with van der Waals surface area (Å²) in [6, 6.07) is 10.1. The highest BCUT2D eigenvalue weighted by Gasteiger charge is 2.11. The summed E-state index contributed by atoms with van der Waals surface area (Å²) in [6.45, 7) is 4.86. The van der Waals surface area contributed by atoms with Gasteiger partial charge < -0.3 is 10.1 Å². The highest BCUT2D eigenvalue weighted by molar-refractivity contribution is 5.61. The van der Waals surface area contributed by atoms with E-state index in [0.717, 1.165) is 17.0 Å². The van der Waals surface area contributed by atoms with Gasteiger partial charge in [-0.05, 0) is 17.0 Å². The van der Waals surface area contributed by atoms with Gasteiger partial charge in [0.2, 0.25) is 0 Å². The molecule has 1 heterocycles. The molecule has 19 heavy (non-hydrogen) atoms. The summed E-state index contributed by atoms with van der Waals surface area (Å²) in [5.41, 5.74) is 3.36. The third-order valence-electron chi connectivity index (χ3n) is 3.05. The molecule has 0 unspecified atom stereocenters. The van der Waals surface area contributed by atoms with E-state index in [9.17, 15) is 0 Å². The van der Waals surface area contributed by atoms with Crippen LogP contribution in [0, 0.1) is 0 Å². The van der Waals surface area contributed by atoms with Crippen molar-refractivity contribution in [3.63, 3.8) is 0 Å². The summed E-state index contributed by atoms with van der Waals surface area (Å²) in [4.78, 5) is 4.26. The lowest BCUT2D eigenvalue weighted by molar-refractivity contribution is 0.306. The Morgan fingerprint density at radius 3 is 2.53 bits per heavy atom. The van der Waals surface area contributed by atoms with E-state index in [2.05, 4.69) is 36.3 Å². The lowest BCUT2D eigenvalue weighted by Crippen LogP contribution is -2.04. The molecule has 1 aromatic heterocycles. The van der Waals surface area contributed by atoms with Crippen molar-refractivity contribution < 1.29 is 4.74 Å². The molecule has 0 aliphatic heterocycles. The SMILES string of the molecule is CNc1c(OCc2ccccc2)cncc1C(C)C. The average Bonchev–Trinajstić information content (AvgIpc) is 2.45. The van der Waals surface area contributed by atoms with E-state index < -0.39 is 0 Å². The van der Waals surface area contributed by atoms with E-state index >= 15 is 0 Å². The molecule has 0 aliphatic carbocycles. The predicted molar refractivity (Wildman–Crippen MR) is 78.6 cm³/mol. The average molecular weight is 256 g/mol. The predicted octanol–water partition coefficient (Wildman–Crippen LogP) is 3.83. The highest BCUT2D eigenvalue weighted by atomic mass is 16.5. The van der Waals surface area contributed by atoms with E-state index in [0.29, 0.717) is 12.5 Å². The molecule has 3 heteroatoms. The van der Waals surface area contributed by atoms with Gasteiger partial charge in [-0.25, -0.2) is 0 Å². The number of hydrogen-bond acceptors (Lipinski definition) is 3. The molecule has 0 aliphatic rings. The van der Waals surface area contributed by atoms with Crippen molar-refractivity contribution in [2.75, 3.05) is 12.4 Å². The van der Waals surface area contributed by atoms with Gasteiger partial charge in [-0.3, -0.25) is 4.98 Å². The standard InChI is InChI=1S/C16H20N2O/c1-12(2)14-9-18-10-15(16(14)17-3)19-11-13-7-5-4-6-8-13/h4-10,12H,11H2,1-3H3,(H,17,18). The molecule has 0 spiro atoms. The number of rotatable bonds is 5. The molecule has 0 amide bonds. The zero-order valence-electron chi connectivity index (χ0n) is 11.7. The van der Waals surface area contributed by atoms with Crippen molar-refractivity contribution in [3.8, 4) is 5.75 Å². The summed E-state index contributed by atoms with van der Waals surface area (Å²) in [5.74, 6) is 1.22. The molecular formula is C16H20N2O. The van der Waals surface area contributed by atoms with Crippen LogP contribution in [-0.4, -0.2) is 12.0 Å². The summed E-state index contributed by atoms with van der Waals surface area (Å²) in [5, 5.41) is 3.22. The molecule has 1 aromatic carbocycles. The van der Waals surface area contributed by atoms with Crippen LogP contribution in [-0.2, 0) is 6.61 Å². The van der Waals surface area contributed by atoms with Crippen LogP contribution in [0.5, 0.6) is 5.75 Å².